The Balaban J connectivity index is 1.76. The van der Waals surface area contributed by atoms with Crippen LogP contribution in [0.3, 0.4) is 0 Å². The van der Waals surface area contributed by atoms with Gasteiger partial charge in [0.05, 0.1) is 0 Å². The molecule has 0 aromatic heterocycles. The SMILES string of the molecule is CCC(C)c1ccccc1OCCNC1CCOCC1. The first-order valence-electron chi connectivity index (χ1n) is 7.84. The van der Waals surface area contributed by atoms with Crippen LogP contribution in [-0.2, 0) is 4.74 Å². The molecule has 0 aliphatic carbocycles. The predicted octanol–water partition coefficient (Wildman–Crippen LogP) is 3.35. The average molecular weight is 277 g/mol. The second kappa shape index (κ2) is 8.28. The van der Waals surface area contributed by atoms with Gasteiger partial charge in [0.25, 0.3) is 0 Å². The van der Waals surface area contributed by atoms with Gasteiger partial charge in [-0.1, -0.05) is 32.0 Å². The van der Waals surface area contributed by atoms with Gasteiger partial charge in [-0.3, -0.25) is 0 Å². The topological polar surface area (TPSA) is 30.5 Å². The van der Waals surface area contributed by atoms with E-state index in [0.717, 1.165) is 51.4 Å². The lowest BCUT2D eigenvalue weighted by molar-refractivity contribution is 0.0770. The molecule has 112 valence electrons. The summed E-state index contributed by atoms with van der Waals surface area (Å²) in [6, 6.07) is 8.99. The van der Waals surface area contributed by atoms with Gasteiger partial charge in [-0.2, -0.15) is 0 Å². The highest BCUT2D eigenvalue weighted by molar-refractivity contribution is 5.35. The highest BCUT2D eigenvalue weighted by Crippen LogP contribution is 2.28. The monoisotopic (exact) mass is 277 g/mol. The number of benzene rings is 1. The minimum atomic E-state index is 0.551. The number of hydrogen-bond donors (Lipinski definition) is 1. The van der Waals surface area contributed by atoms with E-state index in [4.69, 9.17) is 9.47 Å². The third kappa shape index (κ3) is 4.50. The van der Waals surface area contributed by atoms with Crippen LogP contribution >= 0.6 is 0 Å². The van der Waals surface area contributed by atoms with E-state index in [1.807, 2.05) is 6.07 Å². The second-order valence-electron chi connectivity index (χ2n) is 5.54. The molecular weight excluding hydrogens is 250 g/mol. The van der Waals surface area contributed by atoms with Gasteiger partial charge in [0.2, 0.25) is 0 Å². The van der Waals surface area contributed by atoms with E-state index < -0.39 is 0 Å². The molecular formula is C17H27NO2. The number of nitrogens with one attached hydrogen (secondary N) is 1. The van der Waals surface area contributed by atoms with Crippen molar-refractivity contribution in [1.29, 1.82) is 0 Å². The van der Waals surface area contributed by atoms with Crippen molar-refractivity contribution in [3.8, 4) is 5.75 Å². The van der Waals surface area contributed by atoms with E-state index in [2.05, 4.69) is 37.4 Å². The predicted molar refractivity (Wildman–Crippen MR) is 82.5 cm³/mol. The van der Waals surface area contributed by atoms with Crippen molar-refractivity contribution in [1.82, 2.24) is 5.32 Å². The Hall–Kier alpha value is -1.06. The standard InChI is InChI=1S/C17H27NO2/c1-3-14(2)16-6-4-5-7-17(16)20-13-10-18-15-8-11-19-12-9-15/h4-7,14-15,18H,3,8-13H2,1-2H3. The number of para-hydroxylation sites is 1. The lowest BCUT2D eigenvalue weighted by Crippen LogP contribution is -2.37. The Morgan fingerprint density at radius 1 is 1.30 bits per heavy atom. The molecule has 0 saturated carbocycles. The molecule has 0 bridgehead atoms. The van der Waals surface area contributed by atoms with Gasteiger partial charge in [0.15, 0.2) is 0 Å². The third-order valence-electron chi connectivity index (χ3n) is 4.08. The van der Waals surface area contributed by atoms with Crippen molar-refractivity contribution in [2.75, 3.05) is 26.4 Å². The van der Waals surface area contributed by atoms with Crippen molar-refractivity contribution >= 4 is 0 Å². The van der Waals surface area contributed by atoms with Gasteiger partial charge in [0.1, 0.15) is 12.4 Å². The normalized spacial score (nSPS) is 17.9. The molecule has 1 aliphatic heterocycles. The van der Waals surface area contributed by atoms with Crippen LogP contribution in [0.25, 0.3) is 0 Å². The zero-order valence-electron chi connectivity index (χ0n) is 12.7. The first kappa shape index (κ1) is 15.3. The van der Waals surface area contributed by atoms with Crippen molar-refractivity contribution in [3.63, 3.8) is 0 Å². The van der Waals surface area contributed by atoms with E-state index in [-0.39, 0.29) is 0 Å². The van der Waals surface area contributed by atoms with Crippen LogP contribution in [0, 0.1) is 0 Å². The highest BCUT2D eigenvalue weighted by atomic mass is 16.5. The van der Waals surface area contributed by atoms with Crippen LogP contribution < -0.4 is 10.1 Å². The Bertz CT molecular complexity index is 388. The zero-order valence-corrected chi connectivity index (χ0v) is 12.7. The summed E-state index contributed by atoms with van der Waals surface area (Å²) in [5.41, 5.74) is 1.32. The van der Waals surface area contributed by atoms with Gasteiger partial charge in [0, 0.05) is 25.8 Å². The minimum absolute atomic E-state index is 0.551. The van der Waals surface area contributed by atoms with Crippen LogP contribution in [0.5, 0.6) is 5.75 Å². The molecule has 1 aromatic rings. The molecule has 3 heteroatoms. The number of ether oxygens (including phenoxy) is 2. The summed E-state index contributed by atoms with van der Waals surface area (Å²) in [4.78, 5) is 0. The Kier molecular flexibility index (Phi) is 6.34. The summed E-state index contributed by atoms with van der Waals surface area (Å²) < 4.78 is 11.3. The Labute approximate surface area is 122 Å². The molecule has 1 heterocycles. The van der Waals surface area contributed by atoms with Crippen LogP contribution in [0.15, 0.2) is 24.3 Å². The molecule has 0 spiro atoms. The lowest BCUT2D eigenvalue weighted by atomic mass is 9.98. The quantitative estimate of drug-likeness (QED) is 0.775. The third-order valence-corrected chi connectivity index (χ3v) is 4.08. The maximum absolute atomic E-state index is 5.96. The van der Waals surface area contributed by atoms with Gasteiger partial charge in [-0.25, -0.2) is 0 Å². The second-order valence-corrected chi connectivity index (χ2v) is 5.54. The molecule has 1 unspecified atom stereocenters. The molecule has 2 rings (SSSR count). The summed E-state index contributed by atoms with van der Waals surface area (Å²) in [6.45, 7) is 7.87. The minimum Gasteiger partial charge on any atom is -0.492 e. The largest absolute Gasteiger partial charge is 0.492 e. The maximum Gasteiger partial charge on any atom is 0.122 e. The van der Waals surface area contributed by atoms with E-state index in [9.17, 15) is 0 Å². The maximum atomic E-state index is 5.96. The van der Waals surface area contributed by atoms with E-state index in [0.29, 0.717) is 12.0 Å². The molecule has 0 radical (unpaired) electrons. The number of hydrogen-bond acceptors (Lipinski definition) is 3. The van der Waals surface area contributed by atoms with Gasteiger partial charge >= 0.3 is 0 Å². The fourth-order valence-corrected chi connectivity index (χ4v) is 2.56. The van der Waals surface area contributed by atoms with Gasteiger partial charge in [-0.05, 0) is 36.8 Å². The first-order valence-corrected chi connectivity index (χ1v) is 7.84. The first-order chi connectivity index (χ1) is 9.81. The Morgan fingerprint density at radius 3 is 2.80 bits per heavy atom. The van der Waals surface area contributed by atoms with Crippen LogP contribution in [0.4, 0.5) is 0 Å². The van der Waals surface area contributed by atoms with E-state index >= 15 is 0 Å². The van der Waals surface area contributed by atoms with Crippen molar-refractivity contribution in [2.45, 2.75) is 45.1 Å². The fourth-order valence-electron chi connectivity index (χ4n) is 2.56. The van der Waals surface area contributed by atoms with E-state index in [1.54, 1.807) is 0 Å². The molecule has 1 atom stereocenters. The molecule has 1 aromatic carbocycles. The van der Waals surface area contributed by atoms with Crippen LogP contribution in [-0.4, -0.2) is 32.4 Å². The summed E-state index contributed by atoms with van der Waals surface area (Å²) >= 11 is 0. The molecule has 20 heavy (non-hydrogen) atoms. The van der Waals surface area contributed by atoms with Gasteiger partial charge in [-0.15, -0.1) is 0 Å². The fraction of sp³-hybridized carbons (Fsp3) is 0.647. The van der Waals surface area contributed by atoms with E-state index in [1.165, 1.54) is 5.56 Å². The summed E-state index contributed by atoms with van der Waals surface area (Å²) in [5, 5.41) is 3.55. The zero-order chi connectivity index (χ0) is 14.2. The summed E-state index contributed by atoms with van der Waals surface area (Å²) in [7, 11) is 0. The Morgan fingerprint density at radius 2 is 2.05 bits per heavy atom. The summed E-state index contributed by atoms with van der Waals surface area (Å²) in [5.74, 6) is 1.59. The molecule has 1 fully saturated rings. The number of rotatable bonds is 7. The van der Waals surface area contributed by atoms with Crippen molar-refractivity contribution in [3.05, 3.63) is 29.8 Å². The molecule has 1 N–H and O–H groups in total. The molecule has 1 aliphatic rings. The smallest absolute Gasteiger partial charge is 0.122 e. The molecule has 3 nitrogen and oxygen atoms in total. The van der Waals surface area contributed by atoms with Crippen molar-refractivity contribution in [2.24, 2.45) is 0 Å². The van der Waals surface area contributed by atoms with Crippen LogP contribution in [0.1, 0.15) is 44.6 Å². The molecule has 0 amide bonds. The lowest BCUT2D eigenvalue weighted by Gasteiger charge is -2.23. The van der Waals surface area contributed by atoms with Crippen LogP contribution in [0.2, 0.25) is 0 Å². The van der Waals surface area contributed by atoms with Crippen molar-refractivity contribution < 1.29 is 9.47 Å². The average Bonchev–Trinajstić information content (AvgIpc) is 2.52. The van der Waals surface area contributed by atoms with Gasteiger partial charge < -0.3 is 14.8 Å². The molecule has 1 saturated heterocycles. The summed E-state index contributed by atoms with van der Waals surface area (Å²) in [6.07, 6.45) is 3.37. The highest BCUT2D eigenvalue weighted by Gasteiger charge is 2.13.